The van der Waals surface area contributed by atoms with Crippen molar-refractivity contribution in [2.75, 3.05) is 6.61 Å². The number of unbranched alkanes of at least 4 members (excludes halogenated alkanes) is 13. The Morgan fingerprint density at radius 1 is 0.594 bits per heavy atom. The molecule has 2 nitrogen and oxygen atoms in total. The number of aryl methyl sites for hydroxylation is 1. The van der Waals surface area contributed by atoms with Gasteiger partial charge in [0.2, 0.25) is 0 Å². The van der Waals surface area contributed by atoms with Crippen LogP contribution < -0.4 is 9.30 Å². The van der Waals surface area contributed by atoms with E-state index in [1.54, 1.807) is 0 Å². The molecule has 0 aliphatic carbocycles. The molecule has 0 amide bonds. The second kappa shape index (κ2) is 17.5. The van der Waals surface area contributed by atoms with E-state index in [1.807, 2.05) is 11.6 Å². The summed E-state index contributed by atoms with van der Waals surface area (Å²) in [7, 11) is 2.03. The Balaban J connectivity index is 1.43. The largest absolute Gasteiger partial charge is 0.494 e. The highest BCUT2D eigenvalue weighted by Gasteiger charge is 1.97. The number of hydrogen-bond donors (Lipinski definition) is 0. The van der Waals surface area contributed by atoms with Gasteiger partial charge in [0.1, 0.15) is 12.8 Å². The number of hydrogen-bond acceptors (Lipinski definition) is 1. The van der Waals surface area contributed by atoms with Crippen LogP contribution in [0.5, 0.6) is 5.75 Å². The first-order chi connectivity index (χ1) is 15.8. The molecule has 2 heteroatoms. The molecule has 32 heavy (non-hydrogen) atoms. The molecule has 0 radical (unpaired) electrons. The number of aromatic nitrogens is 1. The first-order valence-electron chi connectivity index (χ1n) is 13.1. The molecule has 1 heterocycles. The van der Waals surface area contributed by atoms with Crippen LogP contribution >= 0.6 is 0 Å². The summed E-state index contributed by atoms with van der Waals surface area (Å²) in [5, 5.41) is 0. The van der Waals surface area contributed by atoms with Crippen molar-refractivity contribution < 1.29 is 9.30 Å². The molecule has 1 aromatic heterocycles. The third-order valence-corrected chi connectivity index (χ3v) is 6.12. The Morgan fingerprint density at radius 2 is 1.03 bits per heavy atom. The molecule has 0 unspecified atom stereocenters. The van der Waals surface area contributed by atoms with Crippen molar-refractivity contribution >= 4 is 12.2 Å². The minimum Gasteiger partial charge on any atom is -0.494 e. The molecular formula is C30H46NO+. The van der Waals surface area contributed by atoms with Gasteiger partial charge in [-0.2, -0.15) is 0 Å². The summed E-state index contributed by atoms with van der Waals surface area (Å²) in [5.74, 6) is 0.976. The van der Waals surface area contributed by atoms with E-state index >= 15 is 0 Å². The van der Waals surface area contributed by atoms with Gasteiger partial charge in [-0.05, 0) is 29.7 Å². The van der Waals surface area contributed by atoms with Gasteiger partial charge in [-0.15, -0.1) is 0 Å². The van der Waals surface area contributed by atoms with Gasteiger partial charge in [0.15, 0.2) is 12.4 Å². The lowest BCUT2D eigenvalue weighted by molar-refractivity contribution is -0.671. The lowest BCUT2D eigenvalue weighted by Crippen LogP contribution is -2.25. The summed E-state index contributed by atoms with van der Waals surface area (Å²) >= 11 is 0. The molecule has 0 N–H and O–H groups in total. The van der Waals surface area contributed by atoms with Crippen LogP contribution in [-0.2, 0) is 7.05 Å². The van der Waals surface area contributed by atoms with Crippen LogP contribution in [0.25, 0.3) is 12.2 Å². The maximum Gasteiger partial charge on any atom is 0.169 e. The van der Waals surface area contributed by atoms with Crippen LogP contribution in [0.3, 0.4) is 0 Å². The van der Waals surface area contributed by atoms with Crippen molar-refractivity contribution in [3.8, 4) is 5.75 Å². The van der Waals surface area contributed by atoms with Gasteiger partial charge in [-0.25, -0.2) is 4.57 Å². The maximum absolute atomic E-state index is 5.92. The first-order valence-corrected chi connectivity index (χ1v) is 13.1. The zero-order valence-electron chi connectivity index (χ0n) is 20.7. The van der Waals surface area contributed by atoms with Crippen LogP contribution in [0, 0.1) is 0 Å². The highest BCUT2D eigenvalue weighted by atomic mass is 16.5. The average Bonchev–Trinajstić information content (AvgIpc) is 2.82. The molecule has 0 saturated heterocycles. The highest BCUT2D eigenvalue weighted by Crippen LogP contribution is 2.16. The predicted molar refractivity (Wildman–Crippen MR) is 139 cm³/mol. The summed E-state index contributed by atoms with van der Waals surface area (Å²) in [5.41, 5.74) is 2.41. The number of rotatable bonds is 18. The van der Waals surface area contributed by atoms with Gasteiger partial charge >= 0.3 is 0 Å². The Morgan fingerprint density at radius 3 is 1.53 bits per heavy atom. The smallest absolute Gasteiger partial charge is 0.169 e. The minimum atomic E-state index is 0.828. The number of nitrogens with zero attached hydrogens (tertiary/aromatic N) is 1. The second-order valence-electron chi connectivity index (χ2n) is 9.14. The highest BCUT2D eigenvalue weighted by molar-refractivity contribution is 5.69. The average molecular weight is 437 g/mol. The van der Waals surface area contributed by atoms with Gasteiger partial charge in [0, 0.05) is 12.1 Å². The molecule has 176 valence electrons. The Labute approximate surface area is 197 Å². The minimum absolute atomic E-state index is 0.828. The summed E-state index contributed by atoms with van der Waals surface area (Å²) in [4.78, 5) is 0. The monoisotopic (exact) mass is 436 g/mol. The fourth-order valence-corrected chi connectivity index (χ4v) is 3.98. The molecule has 0 spiro atoms. The fraction of sp³-hybridized carbons (Fsp3) is 0.567. The van der Waals surface area contributed by atoms with Gasteiger partial charge in [0.25, 0.3) is 0 Å². The van der Waals surface area contributed by atoms with E-state index in [-0.39, 0.29) is 0 Å². The molecule has 2 rings (SSSR count). The molecule has 0 aliphatic rings. The third kappa shape index (κ3) is 12.7. The van der Waals surface area contributed by atoms with Crippen LogP contribution in [0.15, 0.2) is 48.8 Å². The molecule has 0 saturated carbocycles. The van der Waals surface area contributed by atoms with Crippen molar-refractivity contribution in [3.05, 3.63) is 59.9 Å². The van der Waals surface area contributed by atoms with E-state index in [0.29, 0.717) is 0 Å². The standard InChI is InChI=1S/C30H46NO/c1-3-4-5-6-7-8-9-10-11-12-13-14-15-16-27-32-30-21-19-28(20-22-30)17-18-29-23-25-31(2)26-24-29/h17-26H,3-16,27H2,1-2H3/q+1. The van der Waals surface area contributed by atoms with E-state index in [2.05, 4.69) is 67.9 Å². The molecule has 0 bridgehead atoms. The molecular weight excluding hydrogens is 390 g/mol. The predicted octanol–water partition coefficient (Wildman–Crippen LogP) is 8.54. The normalized spacial score (nSPS) is 11.3. The summed E-state index contributed by atoms with van der Waals surface area (Å²) in [6, 6.07) is 12.6. The zero-order valence-corrected chi connectivity index (χ0v) is 20.7. The number of pyridine rings is 1. The van der Waals surface area contributed by atoms with Gasteiger partial charge in [-0.3, -0.25) is 0 Å². The molecule has 0 fully saturated rings. The summed E-state index contributed by atoms with van der Waals surface area (Å²) in [6.45, 7) is 3.12. The Kier molecular flexibility index (Phi) is 14.3. The van der Waals surface area contributed by atoms with Crippen LogP contribution in [0.1, 0.15) is 108 Å². The van der Waals surface area contributed by atoms with Crippen molar-refractivity contribution in [2.45, 2.75) is 96.8 Å². The van der Waals surface area contributed by atoms with E-state index in [9.17, 15) is 0 Å². The van der Waals surface area contributed by atoms with Gasteiger partial charge in [-0.1, -0.05) is 115 Å². The molecule has 1 aromatic carbocycles. The number of ether oxygens (including phenoxy) is 1. The van der Waals surface area contributed by atoms with E-state index < -0.39 is 0 Å². The summed E-state index contributed by atoms with van der Waals surface area (Å²) in [6.07, 6.45) is 27.9. The summed E-state index contributed by atoms with van der Waals surface area (Å²) < 4.78 is 7.96. The van der Waals surface area contributed by atoms with Gasteiger partial charge < -0.3 is 4.74 Å². The molecule has 2 aromatic rings. The van der Waals surface area contributed by atoms with Crippen molar-refractivity contribution in [1.29, 1.82) is 0 Å². The lowest BCUT2D eigenvalue weighted by Gasteiger charge is -2.07. The fourth-order valence-electron chi connectivity index (χ4n) is 3.98. The van der Waals surface area contributed by atoms with Crippen LogP contribution in [0.4, 0.5) is 0 Å². The van der Waals surface area contributed by atoms with Crippen LogP contribution in [-0.4, -0.2) is 6.61 Å². The Hall–Kier alpha value is -2.09. The Bertz CT molecular complexity index is 718. The van der Waals surface area contributed by atoms with E-state index in [4.69, 9.17) is 4.74 Å². The van der Waals surface area contributed by atoms with Crippen molar-refractivity contribution in [2.24, 2.45) is 7.05 Å². The van der Waals surface area contributed by atoms with E-state index in [1.165, 1.54) is 94.6 Å². The first kappa shape index (κ1) is 26.2. The van der Waals surface area contributed by atoms with Gasteiger partial charge in [0.05, 0.1) is 6.61 Å². The maximum atomic E-state index is 5.92. The second-order valence-corrected chi connectivity index (χ2v) is 9.14. The topological polar surface area (TPSA) is 13.1 Å². The third-order valence-electron chi connectivity index (χ3n) is 6.12. The van der Waals surface area contributed by atoms with Crippen molar-refractivity contribution in [3.63, 3.8) is 0 Å². The lowest BCUT2D eigenvalue weighted by atomic mass is 10.0. The molecule has 0 aliphatic heterocycles. The quantitative estimate of drug-likeness (QED) is 0.168. The van der Waals surface area contributed by atoms with E-state index in [0.717, 1.165) is 18.8 Å². The molecule has 0 atom stereocenters. The van der Waals surface area contributed by atoms with Crippen LogP contribution in [0.2, 0.25) is 0 Å². The zero-order chi connectivity index (χ0) is 22.7. The SMILES string of the molecule is CCCCCCCCCCCCCCCCOc1ccc(C=Cc2cc[n+](C)cc2)cc1. The number of benzene rings is 1. The van der Waals surface area contributed by atoms with Crippen molar-refractivity contribution in [1.82, 2.24) is 0 Å².